The molecule has 1 aromatic carbocycles. The number of anilines is 1. The highest BCUT2D eigenvalue weighted by Gasteiger charge is 2.17. The van der Waals surface area contributed by atoms with Gasteiger partial charge in [-0.25, -0.2) is 4.98 Å². The van der Waals surface area contributed by atoms with Crippen molar-refractivity contribution >= 4 is 34.7 Å². The zero-order valence-corrected chi connectivity index (χ0v) is 16.4. The third-order valence-corrected chi connectivity index (χ3v) is 4.57. The predicted molar refractivity (Wildman–Crippen MR) is 108 cm³/mol. The molecule has 3 rings (SSSR count). The molecule has 0 aliphatic rings. The Morgan fingerprint density at radius 3 is 2.82 bits per heavy atom. The first-order valence-corrected chi connectivity index (χ1v) is 9.25. The molecule has 0 fully saturated rings. The summed E-state index contributed by atoms with van der Waals surface area (Å²) >= 11 is 5.86. The molecule has 2 aromatic heterocycles. The molecule has 28 heavy (non-hydrogen) atoms. The van der Waals surface area contributed by atoms with Crippen LogP contribution in [0.5, 0.6) is 5.75 Å². The minimum absolute atomic E-state index is 0.0515. The van der Waals surface area contributed by atoms with Crippen molar-refractivity contribution in [1.29, 1.82) is 0 Å². The molecule has 8 heteroatoms. The lowest BCUT2D eigenvalue weighted by Gasteiger charge is -2.09. The monoisotopic (exact) mass is 400 g/mol. The van der Waals surface area contributed by atoms with Gasteiger partial charge in [-0.3, -0.25) is 14.0 Å². The van der Waals surface area contributed by atoms with E-state index in [0.29, 0.717) is 29.4 Å². The Kier molecular flexibility index (Phi) is 5.84. The molecule has 0 saturated carbocycles. The summed E-state index contributed by atoms with van der Waals surface area (Å²) in [6, 6.07) is 8.24. The average Bonchev–Trinajstić information content (AvgIpc) is 2.99. The predicted octanol–water partition coefficient (Wildman–Crippen LogP) is 3.46. The van der Waals surface area contributed by atoms with Crippen molar-refractivity contribution in [2.24, 2.45) is 0 Å². The van der Waals surface area contributed by atoms with E-state index in [9.17, 15) is 14.7 Å². The first-order chi connectivity index (χ1) is 13.4. The number of pyridine rings is 1. The summed E-state index contributed by atoms with van der Waals surface area (Å²) in [6.45, 7) is 4.08. The van der Waals surface area contributed by atoms with Crippen LogP contribution in [0.1, 0.15) is 34.6 Å². The van der Waals surface area contributed by atoms with E-state index in [-0.39, 0.29) is 29.7 Å². The fraction of sp³-hybridized carbons (Fsp3) is 0.250. The molecule has 0 aliphatic carbocycles. The minimum Gasteiger partial charge on any atom is -0.506 e. The molecule has 0 aliphatic heterocycles. The van der Waals surface area contributed by atoms with E-state index in [1.165, 1.54) is 18.2 Å². The van der Waals surface area contributed by atoms with E-state index < -0.39 is 0 Å². The summed E-state index contributed by atoms with van der Waals surface area (Å²) in [6.07, 6.45) is 2.45. The van der Waals surface area contributed by atoms with Gasteiger partial charge in [-0.15, -0.1) is 0 Å². The summed E-state index contributed by atoms with van der Waals surface area (Å²) in [4.78, 5) is 29.0. The summed E-state index contributed by atoms with van der Waals surface area (Å²) < 4.78 is 1.77. The van der Waals surface area contributed by atoms with Gasteiger partial charge in [0.05, 0.1) is 11.4 Å². The van der Waals surface area contributed by atoms with Crippen LogP contribution in [-0.2, 0) is 4.79 Å². The summed E-state index contributed by atoms with van der Waals surface area (Å²) in [7, 11) is 0. The molecule has 2 heterocycles. The molecule has 146 valence electrons. The number of phenols is 1. The number of benzene rings is 1. The fourth-order valence-electron chi connectivity index (χ4n) is 2.95. The van der Waals surface area contributed by atoms with Crippen LogP contribution in [0.25, 0.3) is 5.65 Å². The number of halogens is 1. The molecule has 2 amide bonds. The number of hydrogen-bond acceptors (Lipinski definition) is 4. The molecule has 7 nitrogen and oxygen atoms in total. The van der Waals surface area contributed by atoms with Crippen LogP contribution in [0, 0.1) is 13.8 Å². The first-order valence-electron chi connectivity index (χ1n) is 8.87. The Hall–Kier alpha value is -3.06. The smallest absolute Gasteiger partial charge is 0.270 e. The summed E-state index contributed by atoms with van der Waals surface area (Å²) in [5.74, 6) is -0.554. The van der Waals surface area contributed by atoms with E-state index in [2.05, 4.69) is 15.6 Å². The van der Waals surface area contributed by atoms with Gasteiger partial charge in [0.2, 0.25) is 5.91 Å². The van der Waals surface area contributed by atoms with Gasteiger partial charge in [0, 0.05) is 24.2 Å². The Bertz CT molecular complexity index is 1050. The fourth-order valence-corrected chi connectivity index (χ4v) is 3.12. The highest BCUT2D eigenvalue weighted by atomic mass is 35.5. The highest BCUT2D eigenvalue weighted by molar-refractivity contribution is 6.31. The zero-order valence-electron chi connectivity index (χ0n) is 15.6. The van der Waals surface area contributed by atoms with Gasteiger partial charge >= 0.3 is 0 Å². The lowest BCUT2D eigenvalue weighted by Crippen LogP contribution is -2.27. The van der Waals surface area contributed by atoms with Crippen molar-refractivity contribution < 1.29 is 14.7 Å². The lowest BCUT2D eigenvalue weighted by atomic mass is 10.2. The number of aryl methyl sites for hydroxylation is 2. The molecular formula is C20H21ClN4O3. The van der Waals surface area contributed by atoms with Crippen LogP contribution in [-0.4, -0.2) is 32.9 Å². The van der Waals surface area contributed by atoms with E-state index in [1.807, 2.05) is 25.3 Å². The van der Waals surface area contributed by atoms with Crippen LogP contribution in [0.15, 0.2) is 36.5 Å². The number of aromatic nitrogens is 2. The molecule has 3 N–H and O–H groups in total. The normalized spacial score (nSPS) is 10.8. The largest absolute Gasteiger partial charge is 0.506 e. The molecule has 0 spiro atoms. The quantitative estimate of drug-likeness (QED) is 0.436. The number of nitrogens with zero attached hydrogens (tertiary/aromatic N) is 2. The number of aromatic hydroxyl groups is 1. The molecule has 0 saturated heterocycles. The van der Waals surface area contributed by atoms with Crippen LogP contribution in [0.4, 0.5) is 5.69 Å². The molecule has 0 bridgehead atoms. The van der Waals surface area contributed by atoms with Crippen molar-refractivity contribution in [3.63, 3.8) is 0 Å². The maximum Gasteiger partial charge on any atom is 0.270 e. The maximum atomic E-state index is 12.5. The van der Waals surface area contributed by atoms with Gasteiger partial charge in [-0.2, -0.15) is 0 Å². The number of rotatable bonds is 6. The number of carbonyl (C=O) groups is 2. The Morgan fingerprint density at radius 1 is 1.25 bits per heavy atom. The maximum absolute atomic E-state index is 12.5. The van der Waals surface area contributed by atoms with E-state index in [4.69, 9.17) is 11.6 Å². The van der Waals surface area contributed by atoms with Gasteiger partial charge in [0.25, 0.3) is 5.91 Å². The zero-order chi connectivity index (χ0) is 20.3. The van der Waals surface area contributed by atoms with Crippen molar-refractivity contribution in [2.45, 2.75) is 26.7 Å². The lowest BCUT2D eigenvalue weighted by molar-refractivity contribution is -0.116. The number of fused-ring (bicyclic) bond motifs is 1. The Labute approximate surface area is 167 Å². The van der Waals surface area contributed by atoms with Gasteiger partial charge in [0.1, 0.15) is 17.1 Å². The number of imidazole rings is 1. The number of nitrogens with one attached hydrogen (secondary N) is 2. The second-order valence-corrected chi connectivity index (χ2v) is 6.94. The van der Waals surface area contributed by atoms with Crippen LogP contribution in [0.2, 0.25) is 5.02 Å². The topological polar surface area (TPSA) is 95.7 Å². The van der Waals surface area contributed by atoms with Gasteiger partial charge in [-0.05, 0) is 50.1 Å². The Balaban J connectivity index is 1.54. The average molecular weight is 401 g/mol. The minimum atomic E-state index is -0.270. The molecule has 0 radical (unpaired) electrons. The van der Waals surface area contributed by atoms with Gasteiger partial charge < -0.3 is 15.7 Å². The van der Waals surface area contributed by atoms with Crippen molar-refractivity contribution in [3.05, 3.63) is 58.5 Å². The van der Waals surface area contributed by atoms with Crippen LogP contribution in [0.3, 0.4) is 0 Å². The van der Waals surface area contributed by atoms with Gasteiger partial charge in [-0.1, -0.05) is 17.7 Å². The molecule has 0 atom stereocenters. The van der Waals surface area contributed by atoms with E-state index >= 15 is 0 Å². The SMILES string of the molecule is Cc1nc2c(C)cccn2c1C(=O)NCCCC(=O)Nc1cc(Cl)ccc1O. The van der Waals surface area contributed by atoms with Crippen LogP contribution < -0.4 is 10.6 Å². The van der Waals surface area contributed by atoms with Crippen LogP contribution >= 0.6 is 11.6 Å². The highest BCUT2D eigenvalue weighted by Crippen LogP contribution is 2.26. The van der Waals surface area contributed by atoms with Crippen molar-refractivity contribution in [1.82, 2.24) is 14.7 Å². The number of phenolic OH excluding ortho intramolecular Hbond substituents is 1. The van der Waals surface area contributed by atoms with Crippen molar-refractivity contribution in [2.75, 3.05) is 11.9 Å². The van der Waals surface area contributed by atoms with E-state index in [1.54, 1.807) is 11.3 Å². The summed E-state index contributed by atoms with van der Waals surface area (Å²) in [5.41, 5.74) is 3.16. The molecular weight excluding hydrogens is 380 g/mol. The third kappa shape index (κ3) is 4.26. The second kappa shape index (κ2) is 8.31. The molecule has 3 aromatic rings. The second-order valence-electron chi connectivity index (χ2n) is 6.50. The van der Waals surface area contributed by atoms with Crippen molar-refractivity contribution in [3.8, 4) is 5.75 Å². The third-order valence-electron chi connectivity index (χ3n) is 4.33. The summed E-state index contributed by atoms with van der Waals surface area (Å²) in [5, 5.41) is 15.6. The molecule has 0 unspecified atom stereocenters. The number of hydrogen-bond donors (Lipinski definition) is 3. The standard InChI is InChI=1S/C20H21ClN4O3/c1-12-5-4-10-25-18(13(2)23-19(12)25)20(28)22-9-3-6-17(27)24-15-11-14(21)7-8-16(15)26/h4-5,7-8,10-11,26H,3,6,9H2,1-2H3,(H,22,28)(H,24,27). The first kappa shape index (κ1) is 19.7. The number of amides is 2. The van der Waals surface area contributed by atoms with Gasteiger partial charge in [0.15, 0.2) is 0 Å². The Morgan fingerprint density at radius 2 is 2.04 bits per heavy atom. The number of carbonyl (C=O) groups excluding carboxylic acids is 2. The van der Waals surface area contributed by atoms with E-state index in [0.717, 1.165) is 11.2 Å².